The third-order valence-corrected chi connectivity index (χ3v) is 6.34. The molecule has 3 aliphatic heterocycles. The predicted octanol–water partition coefficient (Wildman–Crippen LogP) is 3.80. The van der Waals surface area contributed by atoms with Crippen molar-refractivity contribution in [2.75, 3.05) is 26.2 Å². The van der Waals surface area contributed by atoms with Crippen LogP contribution in [0.3, 0.4) is 0 Å². The van der Waals surface area contributed by atoms with Crippen molar-refractivity contribution in [3.8, 4) is 0 Å². The number of nitrogens with zero attached hydrogens (tertiary/aromatic N) is 2. The smallest absolute Gasteiger partial charge is 0.193 e. The van der Waals surface area contributed by atoms with Gasteiger partial charge in [-0.3, -0.25) is 4.99 Å². The molecular formula is C21H31FIN3O. The van der Waals surface area contributed by atoms with Crippen LogP contribution in [0.25, 0.3) is 0 Å². The van der Waals surface area contributed by atoms with Gasteiger partial charge in [-0.15, -0.1) is 24.0 Å². The minimum Gasteiger partial charge on any atom is -0.374 e. The lowest BCUT2D eigenvalue weighted by Crippen LogP contribution is -2.42. The van der Waals surface area contributed by atoms with Crippen molar-refractivity contribution in [3.05, 3.63) is 35.6 Å². The van der Waals surface area contributed by atoms with Crippen molar-refractivity contribution >= 4 is 29.9 Å². The van der Waals surface area contributed by atoms with Gasteiger partial charge in [-0.25, -0.2) is 4.39 Å². The number of aliphatic imine (C=N–C) groups is 1. The van der Waals surface area contributed by atoms with E-state index in [1.165, 1.54) is 25.0 Å². The molecule has 0 aliphatic carbocycles. The highest BCUT2D eigenvalue weighted by molar-refractivity contribution is 14.0. The van der Waals surface area contributed by atoms with Crippen LogP contribution in [-0.2, 0) is 10.2 Å². The molecule has 0 radical (unpaired) electrons. The fourth-order valence-corrected chi connectivity index (χ4v) is 4.82. The minimum atomic E-state index is -0.193. The molecule has 3 saturated heterocycles. The summed E-state index contributed by atoms with van der Waals surface area (Å²) < 4.78 is 19.3. The zero-order valence-corrected chi connectivity index (χ0v) is 18.8. The Balaban J connectivity index is 0.00000210. The van der Waals surface area contributed by atoms with Crippen LogP contribution in [0.2, 0.25) is 0 Å². The predicted molar refractivity (Wildman–Crippen MR) is 117 cm³/mol. The van der Waals surface area contributed by atoms with Gasteiger partial charge >= 0.3 is 0 Å². The number of ether oxygens (including phenoxy) is 1. The lowest BCUT2D eigenvalue weighted by Gasteiger charge is -2.27. The molecule has 0 aromatic heterocycles. The van der Waals surface area contributed by atoms with Gasteiger partial charge in [0, 0.05) is 36.9 Å². The maximum absolute atomic E-state index is 13.2. The summed E-state index contributed by atoms with van der Waals surface area (Å²) in [5, 5.41) is 3.47. The third-order valence-electron chi connectivity index (χ3n) is 6.34. The highest BCUT2D eigenvalue weighted by Gasteiger charge is 2.53. The summed E-state index contributed by atoms with van der Waals surface area (Å²) in [7, 11) is 0. The molecule has 4 rings (SSSR count). The standard InChI is InChI=1S/C21H30FN3O.HI/c1-4-23-20(24-13-21(2,3)14-5-7-15(22)8-6-14)25-11-16-17(12-25)19-10-9-18(16)26-19;/h5-8,16-19H,4,9-13H2,1-3H3,(H,23,24);1H. The Labute approximate surface area is 179 Å². The second kappa shape index (κ2) is 8.23. The van der Waals surface area contributed by atoms with Gasteiger partial charge in [-0.05, 0) is 37.5 Å². The summed E-state index contributed by atoms with van der Waals surface area (Å²) in [6, 6.07) is 6.80. The summed E-state index contributed by atoms with van der Waals surface area (Å²) >= 11 is 0. The molecule has 3 fully saturated rings. The Bertz CT molecular complexity index is 661. The normalized spacial score (nSPS) is 29.6. The van der Waals surface area contributed by atoms with Crippen molar-refractivity contribution in [2.24, 2.45) is 16.8 Å². The van der Waals surface area contributed by atoms with Gasteiger partial charge in [0.2, 0.25) is 0 Å². The zero-order valence-electron chi connectivity index (χ0n) is 16.5. The molecule has 150 valence electrons. The molecule has 27 heavy (non-hydrogen) atoms. The molecule has 1 aromatic rings. The summed E-state index contributed by atoms with van der Waals surface area (Å²) in [5.41, 5.74) is 0.981. The second-order valence-corrected chi connectivity index (χ2v) is 8.58. The van der Waals surface area contributed by atoms with Crippen molar-refractivity contribution in [1.82, 2.24) is 10.2 Å². The Hall–Kier alpha value is -0.890. The number of fused-ring (bicyclic) bond motifs is 5. The number of halogens is 2. The van der Waals surface area contributed by atoms with E-state index in [4.69, 9.17) is 9.73 Å². The van der Waals surface area contributed by atoms with Crippen LogP contribution in [0.5, 0.6) is 0 Å². The molecule has 4 nitrogen and oxygen atoms in total. The Morgan fingerprint density at radius 2 is 1.78 bits per heavy atom. The first kappa shape index (κ1) is 20.8. The number of likely N-dealkylation sites (tertiary alicyclic amines) is 1. The van der Waals surface area contributed by atoms with E-state index in [0.29, 0.717) is 30.6 Å². The number of rotatable bonds is 4. The molecule has 3 heterocycles. The lowest BCUT2D eigenvalue weighted by molar-refractivity contribution is 0.0767. The molecule has 0 amide bonds. The van der Waals surface area contributed by atoms with E-state index in [0.717, 1.165) is 31.2 Å². The average Bonchev–Trinajstić information content (AvgIpc) is 3.31. The summed E-state index contributed by atoms with van der Waals surface area (Å²) in [5.74, 6) is 2.16. The third kappa shape index (κ3) is 4.11. The van der Waals surface area contributed by atoms with Crippen molar-refractivity contribution in [1.29, 1.82) is 0 Å². The van der Waals surface area contributed by atoms with Crippen LogP contribution in [0.4, 0.5) is 4.39 Å². The first-order chi connectivity index (χ1) is 12.5. The zero-order chi connectivity index (χ0) is 18.3. The maximum atomic E-state index is 13.2. The molecule has 1 N–H and O–H groups in total. The first-order valence-corrected chi connectivity index (χ1v) is 9.92. The van der Waals surface area contributed by atoms with Crippen molar-refractivity contribution in [3.63, 3.8) is 0 Å². The van der Waals surface area contributed by atoms with Gasteiger partial charge in [-0.2, -0.15) is 0 Å². The monoisotopic (exact) mass is 487 g/mol. The summed E-state index contributed by atoms with van der Waals surface area (Å²) in [4.78, 5) is 7.38. The Morgan fingerprint density at radius 1 is 1.19 bits per heavy atom. The highest BCUT2D eigenvalue weighted by Crippen LogP contribution is 2.47. The topological polar surface area (TPSA) is 36.9 Å². The van der Waals surface area contributed by atoms with Crippen LogP contribution in [0.1, 0.15) is 39.2 Å². The van der Waals surface area contributed by atoms with E-state index in [1.807, 2.05) is 12.1 Å². The van der Waals surface area contributed by atoms with Crippen LogP contribution in [0, 0.1) is 17.7 Å². The van der Waals surface area contributed by atoms with E-state index < -0.39 is 0 Å². The van der Waals surface area contributed by atoms with Gasteiger partial charge in [0.25, 0.3) is 0 Å². The largest absolute Gasteiger partial charge is 0.374 e. The summed E-state index contributed by atoms with van der Waals surface area (Å²) in [6.07, 6.45) is 3.39. The van der Waals surface area contributed by atoms with E-state index in [-0.39, 0.29) is 35.2 Å². The number of nitrogens with one attached hydrogen (secondary N) is 1. The lowest BCUT2D eigenvalue weighted by atomic mass is 9.82. The van der Waals surface area contributed by atoms with Gasteiger partial charge in [0.05, 0.1) is 18.8 Å². The van der Waals surface area contributed by atoms with Crippen LogP contribution < -0.4 is 5.32 Å². The highest BCUT2D eigenvalue weighted by atomic mass is 127. The molecular weight excluding hydrogens is 456 g/mol. The SMILES string of the molecule is CCNC(=NCC(C)(C)c1ccc(F)cc1)N1CC2C3CCC(O3)C2C1.I. The quantitative estimate of drug-likeness (QED) is 0.399. The van der Waals surface area contributed by atoms with E-state index in [1.54, 1.807) is 0 Å². The molecule has 0 saturated carbocycles. The number of hydrogen-bond donors (Lipinski definition) is 1. The van der Waals surface area contributed by atoms with Gasteiger partial charge in [0.15, 0.2) is 5.96 Å². The fraction of sp³-hybridized carbons (Fsp3) is 0.667. The fourth-order valence-electron chi connectivity index (χ4n) is 4.82. The van der Waals surface area contributed by atoms with Crippen LogP contribution >= 0.6 is 24.0 Å². The molecule has 3 aliphatic rings. The minimum absolute atomic E-state index is 0. The van der Waals surface area contributed by atoms with Crippen LogP contribution in [0.15, 0.2) is 29.3 Å². The number of guanidine groups is 1. The Kier molecular flexibility index (Phi) is 6.35. The van der Waals surface area contributed by atoms with Gasteiger partial charge in [0.1, 0.15) is 5.82 Å². The summed E-state index contributed by atoms with van der Waals surface area (Å²) in [6.45, 7) is 10.1. The second-order valence-electron chi connectivity index (χ2n) is 8.58. The molecule has 6 heteroatoms. The molecule has 4 unspecified atom stereocenters. The number of hydrogen-bond acceptors (Lipinski definition) is 2. The first-order valence-electron chi connectivity index (χ1n) is 9.92. The average molecular weight is 487 g/mol. The van der Waals surface area contributed by atoms with E-state index in [9.17, 15) is 4.39 Å². The van der Waals surface area contributed by atoms with Crippen LogP contribution in [-0.4, -0.2) is 49.2 Å². The molecule has 0 spiro atoms. The van der Waals surface area contributed by atoms with Crippen molar-refractivity contribution < 1.29 is 9.13 Å². The number of benzene rings is 1. The maximum Gasteiger partial charge on any atom is 0.193 e. The molecule has 2 bridgehead atoms. The molecule has 1 aromatic carbocycles. The van der Waals surface area contributed by atoms with E-state index in [2.05, 4.69) is 31.0 Å². The van der Waals surface area contributed by atoms with Gasteiger partial charge in [-0.1, -0.05) is 26.0 Å². The molecule has 4 atom stereocenters. The van der Waals surface area contributed by atoms with E-state index >= 15 is 0 Å². The van der Waals surface area contributed by atoms with Gasteiger partial charge < -0.3 is 15.0 Å². The van der Waals surface area contributed by atoms with Crippen molar-refractivity contribution in [2.45, 2.75) is 51.2 Å². The Morgan fingerprint density at radius 3 is 2.33 bits per heavy atom.